The van der Waals surface area contributed by atoms with Crippen LogP contribution in [0.5, 0.6) is 0 Å². The molecule has 1 aliphatic rings. The first kappa shape index (κ1) is 13.4. The third kappa shape index (κ3) is 2.54. The predicted octanol–water partition coefficient (Wildman–Crippen LogP) is 0.272. The van der Waals surface area contributed by atoms with Crippen LogP contribution in [0.15, 0.2) is 24.3 Å². The molecular weight excluding hydrogens is 242 g/mol. The molecular formula is C14H19N3O2. The van der Waals surface area contributed by atoms with E-state index in [0.29, 0.717) is 13.1 Å². The SMILES string of the molecule is CCc1ccccc1N1CC(C(N)=O)C(C(N)=O)C1. The van der Waals surface area contributed by atoms with Gasteiger partial charge in [0, 0.05) is 18.8 Å². The van der Waals surface area contributed by atoms with Crippen LogP contribution in [-0.2, 0) is 16.0 Å². The van der Waals surface area contributed by atoms with Gasteiger partial charge in [0.25, 0.3) is 0 Å². The zero-order chi connectivity index (χ0) is 14.0. The van der Waals surface area contributed by atoms with E-state index < -0.39 is 23.7 Å². The summed E-state index contributed by atoms with van der Waals surface area (Å²) in [5.41, 5.74) is 13.0. The smallest absolute Gasteiger partial charge is 0.223 e. The Hall–Kier alpha value is -2.04. The molecule has 5 nitrogen and oxygen atoms in total. The highest BCUT2D eigenvalue weighted by Gasteiger charge is 2.40. The average Bonchev–Trinajstić information content (AvgIpc) is 2.84. The van der Waals surface area contributed by atoms with Gasteiger partial charge in [-0.25, -0.2) is 0 Å². The van der Waals surface area contributed by atoms with Crippen molar-refractivity contribution in [2.75, 3.05) is 18.0 Å². The van der Waals surface area contributed by atoms with E-state index >= 15 is 0 Å². The first-order valence-corrected chi connectivity index (χ1v) is 6.46. The summed E-state index contributed by atoms with van der Waals surface area (Å²) in [6, 6.07) is 7.98. The lowest BCUT2D eigenvalue weighted by Crippen LogP contribution is -2.36. The van der Waals surface area contributed by atoms with Gasteiger partial charge in [-0.15, -0.1) is 0 Å². The highest BCUT2D eigenvalue weighted by Crippen LogP contribution is 2.30. The maximum Gasteiger partial charge on any atom is 0.223 e. The number of nitrogens with zero attached hydrogens (tertiary/aromatic N) is 1. The molecule has 0 spiro atoms. The minimum atomic E-state index is -0.498. The molecule has 1 aromatic carbocycles. The maximum atomic E-state index is 11.4. The number of para-hydroxylation sites is 1. The summed E-state index contributed by atoms with van der Waals surface area (Å²) >= 11 is 0. The minimum Gasteiger partial charge on any atom is -0.370 e. The van der Waals surface area contributed by atoms with E-state index in [0.717, 1.165) is 12.1 Å². The summed E-state index contributed by atoms with van der Waals surface area (Å²) in [5.74, 6) is -1.91. The fraction of sp³-hybridized carbons (Fsp3) is 0.429. The lowest BCUT2D eigenvalue weighted by molar-refractivity contribution is -0.129. The fourth-order valence-corrected chi connectivity index (χ4v) is 2.70. The number of primary amides is 2. The van der Waals surface area contributed by atoms with Crippen molar-refractivity contribution in [2.45, 2.75) is 13.3 Å². The van der Waals surface area contributed by atoms with Gasteiger partial charge in [-0.2, -0.15) is 0 Å². The average molecular weight is 261 g/mol. The van der Waals surface area contributed by atoms with Crippen molar-refractivity contribution in [2.24, 2.45) is 23.3 Å². The number of amides is 2. The minimum absolute atomic E-state index is 0.458. The Morgan fingerprint density at radius 3 is 2.16 bits per heavy atom. The molecule has 1 aromatic rings. The van der Waals surface area contributed by atoms with Gasteiger partial charge in [0.2, 0.25) is 11.8 Å². The van der Waals surface area contributed by atoms with Crippen molar-refractivity contribution in [3.05, 3.63) is 29.8 Å². The van der Waals surface area contributed by atoms with Crippen molar-refractivity contribution in [1.82, 2.24) is 0 Å². The summed E-state index contributed by atoms with van der Waals surface area (Å²) < 4.78 is 0. The van der Waals surface area contributed by atoms with E-state index in [9.17, 15) is 9.59 Å². The Morgan fingerprint density at radius 2 is 1.68 bits per heavy atom. The summed E-state index contributed by atoms with van der Waals surface area (Å²) in [4.78, 5) is 24.9. The topological polar surface area (TPSA) is 89.4 Å². The highest BCUT2D eigenvalue weighted by atomic mass is 16.2. The Morgan fingerprint density at radius 1 is 1.16 bits per heavy atom. The van der Waals surface area contributed by atoms with Crippen molar-refractivity contribution in [3.8, 4) is 0 Å². The van der Waals surface area contributed by atoms with Crippen molar-refractivity contribution in [1.29, 1.82) is 0 Å². The van der Waals surface area contributed by atoms with Crippen LogP contribution in [0.2, 0.25) is 0 Å². The van der Waals surface area contributed by atoms with E-state index in [2.05, 4.69) is 6.92 Å². The van der Waals surface area contributed by atoms with Crippen molar-refractivity contribution < 1.29 is 9.59 Å². The van der Waals surface area contributed by atoms with E-state index in [1.165, 1.54) is 5.56 Å². The first-order chi connectivity index (χ1) is 9.04. The molecule has 1 fully saturated rings. The van der Waals surface area contributed by atoms with Gasteiger partial charge in [0.15, 0.2) is 0 Å². The van der Waals surface area contributed by atoms with Crippen molar-refractivity contribution in [3.63, 3.8) is 0 Å². The van der Waals surface area contributed by atoms with Crippen LogP contribution in [0.4, 0.5) is 5.69 Å². The lowest BCUT2D eigenvalue weighted by atomic mass is 9.95. The molecule has 1 saturated heterocycles. The zero-order valence-electron chi connectivity index (χ0n) is 11.0. The summed E-state index contributed by atoms with van der Waals surface area (Å²) in [7, 11) is 0. The molecule has 2 amide bonds. The number of carbonyl (C=O) groups is 2. The third-order valence-electron chi connectivity index (χ3n) is 3.76. The quantitative estimate of drug-likeness (QED) is 0.815. The fourth-order valence-electron chi connectivity index (χ4n) is 2.70. The van der Waals surface area contributed by atoms with Gasteiger partial charge < -0.3 is 16.4 Å². The number of hydrogen-bond acceptors (Lipinski definition) is 3. The molecule has 4 N–H and O–H groups in total. The number of benzene rings is 1. The molecule has 0 radical (unpaired) electrons. The molecule has 19 heavy (non-hydrogen) atoms. The lowest BCUT2D eigenvalue weighted by Gasteiger charge is -2.21. The van der Waals surface area contributed by atoms with E-state index in [1.807, 2.05) is 29.2 Å². The second-order valence-corrected chi connectivity index (χ2v) is 4.90. The van der Waals surface area contributed by atoms with Gasteiger partial charge in [-0.3, -0.25) is 9.59 Å². The van der Waals surface area contributed by atoms with Gasteiger partial charge in [-0.05, 0) is 18.1 Å². The molecule has 0 aliphatic carbocycles. The largest absolute Gasteiger partial charge is 0.370 e. The Bertz CT molecular complexity index is 479. The Kier molecular flexibility index (Phi) is 3.74. The molecule has 0 saturated carbocycles. The Balaban J connectivity index is 2.28. The van der Waals surface area contributed by atoms with E-state index in [4.69, 9.17) is 11.5 Å². The third-order valence-corrected chi connectivity index (χ3v) is 3.76. The van der Waals surface area contributed by atoms with Gasteiger partial charge >= 0.3 is 0 Å². The number of nitrogens with two attached hydrogens (primary N) is 2. The van der Waals surface area contributed by atoms with Crippen LogP contribution in [-0.4, -0.2) is 24.9 Å². The number of hydrogen-bond donors (Lipinski definition) is 2. The summed E-state index contributed by atoms with van der Waals surface area (Å²) in [5, 5.41) is 0. The molecule has 1 aliphatic heterocycles. The zero-order valence-corrected chi connectivity index (χ0v) is 11.0. The van der Waals surface area contributed by atoms with Crippen LogP contribution in [0.3, 0.4) is 0 Å². The van der Waals surface area contributed by atoms with Crippen LogP contribution < -0.4 is 16.4 Å². The van der Waals surface area contributed by atoms with Crippen LogP contribution >= 0.6 is 0 Å². The first-order valence-electron chi connectivity index (χ1n) is 6.46. The monoisotopic (exact) mass is 261 g/mol. The molecule has 102 valence electrons. The number of anilines is 1. The normalized spacial score (nSPS) is 22.5. The van der Waals surface area contributed by atoms with Crippen LogP contribution in [0.25, 0.3) is 0 Å². The Labute approximate surface area is 112 Å². The number of rotatable bonds is 4. The summed E-state index contributed by atoms with van der Waals surface area (Å²) in [6.45, 7) is 2.99. The molecule has 1 heterocycles. The number of aryl methyl sites for hydroxylation is 1. The van der Waals surface area contributed by atoms with E-state index in [-0.39, 0.29) is 0 Å². The van der Waals surface area contributed by atoms with Gasteiger partial charge in [0.05, 0.1) is 11.8 Å². The van der Waals surface area contributed by atoms with Gasteiger partial charge in [-0.1, -0.05) is 25.1 Å². The molecule has 5 heteroatoms. The molecule has 2 unspecified atom stereocenters. The van der Waals surface area contributed by atoms with E-state index in [1.54, 1.807) is 0 Å². The second kappa shape index (κ2) is 5.30. The van der Waals surface area contributed by atoms with Gasteiger partial charge in [0.1, 0.15) is 0 Å². The molecule has 2 rings (SSSR count). The molecule has 0 aromatic heterocycles. The second-order valence-electron chi connectivity index (χ2n) is 4.90. The van der Waals surface area contributed by atoms with Crippen LogP contribution in [0.1, 0.15) is 12.5 Å². The maximum absolute atomic E-state index is 11.4. The summed E-state index contributed by atoms with van der Waals surface area (Å²) in [6.07, 6.45) is 0.898. The van der Waals surface area contributed by atoms with Crippen LogP contribution in [0, 0.1) is 11.8 Å². The molecule has 0 bridgehead atoms. The standard InChI is InChI=1S/C14H19N3O2/c1-2-9-5-3-4-6-12(9)17-7-10(13(15)18)11(8-17)14(16)19/h3-6,10-11H,2,7-8H2,1H3,(H2,15,18)(H2,16,19). The number of carbonyl (C=O) groups excluding carboxylic acids is 2. The van der Waals surface area contributed by atoms with Crippen molar-refractivity contribution >= 4 is 17.5 Å². The molecule has 2 atom stereocenters. The highest BCUT2D eigenvalue weighted by molar-refractivity contribution is 5.88. The predicted molar refractivity (Wildman–Crippen MR) is 73.4 cm³/mol.